The molecule has 92 valence electrons. The van der Waals surface area contributed by atoms with E-state index in [1.165, 1.54) is 0 Å². The topological polar surface area (TPSA) is 38.1 Å². The third kappa shape index (κ3) is 2.77. The molecule has 0 amide bonds. The zero-order valence-corrected chi connectivity index (χ0v) is 11.3. The van der Waals surface area contributed by atoms with Crippen LogP contribution in [-0.2, 0) is 13.5 Å². The summed E-state index contributed by atoms with van der Waals surface area (Å²) in [5, 5.41) is 14.5. The first-order chi connectivity index (χ1) is 7.43. The lowest BCUT2D eigenvalue weighted by molar-refractivity contribution is 0.131. The van der Waals surface area contributed by atoms with E-state index >= 15 is 0 Å². The van der Waals surface area contributed by atoms with Crippen LogP contribution in [0.3, 0.4) is 0 Å². The number of aryl methyl sites for hydroxylation is 2. The van der Waals surface area contributed by atoms with Gasteiger partial charge < -0.3 is 5.11 Å². The summed E-state index contributed by atoms with van der Waals surface area (Å²) in [7, 11) is 1.84. The maximum absolute atomic E-state index is 9.50. The molecule has 1 atom stereocenters. The summed E-state index contributed by atoms with van der Waals surface area (Å²) < 4.78 is 1.69. The van der Waals surface area contributed by atoms with Crippen LogP contribution in [0, 0.1) is 12.3 Å². The highest BCUT2D eigenvalue weighted by molar-refractivity contribution is 6.30. The Kier molecular flexibility index (Phi) is 4.39. The first-order valence-corrected chi connectivity index (χ1v) is 6.10. The molecule has 1 N–H and O–H groups in total. The van der Waals surface area contributed by atoms with Gasteiger partial charge in [-0.05, 0) is 25.2 Å². The molecule has 0 radical (unpaired) electrons. The maximum atomic E-state index is 9.50. The van der Waals surface area contributed by atoms with Crippen LogP contribution in [0.1, 0.15) is 37.9 Å². The van der Waals surface area contributed by atoms with Crippen molar-refractivity contribution in [3.63, 3.8) is 0 Å². The van der Waals surface area contributed by atoms with E-state index < -0.39 is 0 Å². The summed E-state index contributed by atoms with van der Waals surface area (Å²) in [6.45, 7) is 6.38. The van der Waals surface area contributed by atoms with Gasteiger partial charge in [-0.2, -0.15) is 5.10 Å². The minimum absolute atomic E-state index is 0.0911. The summed E-state index contributed by atoms with van der Waals surface area (Å²) in [6.07, 6.45) is 2.85. The summed E-state index contributed by atoms with van der Waals surface area (Å²) in [6, 6.07) is 0. The van der Waals surface area contributed by atoms with E-state index in [1.807, 2.05) is 14.0 Å². The summed E-state index contributed by atoms with van der Waals surface area (Å²) in [5.41, 5.74) is 1.93. The molecule has 1 rings (SSSR count). The van der Waals surface area contributed by atoms with Crippen molar-refractivity contribution < 1.29 is 5.11 Å². The van der Waals surface area contributed by atoms with Crippen LogP contribution >= 0.6 is 11.6 Å². The summed E-state index contributed by atoms with van der Waals surface area (Å²) >= 11 is 6.20. The molecule has 0 spiro atoms. The molecule has 1 aromatic rings. The van der Waals surface area contributed by atoms with Crippen molar-refractivity contribution in [2.45, 2.75) is 40.0 Å². The highest BCUT2D eigenvalue weighted by atomic mass is 35.5. The van der Waals surface area contributed by atoms with Crippen molar-refractivity contribution in [2.24, 2.45) is 12.5 Å². The lowest BCUT2D eigenvalue weighted by Crippen LogP contribution is -2.24. The van der Waals surface area contributed by atoms with Crippen LogP contribution in [0.4, 0.5) is 0 Å². The Morgan fingerprint density at radius 3 is 2.50 bits per heavy atom. The van der Waals surface area contributed by atoms with E-state index in [0.717, 1.165) is 30.5 Å². The van der Waals surface area contributed by atoms with Crippen LogP contribution < -0.4 is 0 Å². The average Bonchev–Trinajstić information content (AvgIpc) is 2.46. The molecule has 0 aliphatic carbocycles. The molecule has 16 heavy (non-hydrogen) atoms. The zero-order valence-electron chi connectivity index (χ0n) is 10.5. The summed E-state index contributed by atoms with van der Waals surface area (Å²) in [4.78, 5) is 0. The van der Waals surface area contributed by atoms with Crippen LogP contribution in [0.25, 0.3) is 0 Å². The molecule has 0 saturated heterocycles. The normalized spacial score (nSPS) is 15.1. The van der Waals surface area contributed by atoms with Crippen LogP contribution in [0.5, 0.6) is 0 Å². The molecule has 4 heteroatoms. The van der Waals surface area contributed by atoms with Gasteiger partial charge in [0.25, 0.3) is 0 Å². The van der Waals surface area contributed by atoms with Gasteiger partial charge in [0, 0.05) is 19.2 Å². The Balaban J connectivity index is 2.93. The zero-order chi connectivity index (χ0) is 12.3. The molecular formula is C12H21ClN2O. The Morgan fingerprint density at radius 2 is 2.12 bits per heavy atom. The minimum Gasteiger partial charge on any atom is -0.396 e. The van der Waals surface area contributed by atoms with Crippen molar-refractivity contribution in [2.75, 3.05) is 6.61 Å². The Labute approximate surface area is 102 Å². The highest BCUT2D eigenvalue weighted by Crippen LogP contribution is 2.31. The quantitative estimate of drug-likeness (QED) is 0.865. The number of rotatable bonds is 5. The fraction of sp³-hybridized carbons (Fsp3) is 0.750. The summed E-state index contributed by atoms with van der Waals surface area (Å²) in [5.74, 6) is 0. The van der Waals surface area contributed by atoms with Crippen LogP contribution in [0.15, 0.2) is 0 Å². The van der Waals surface area contributed by atoms with Gasteiger partial charge in [-0.1, -0.05) is 31.9 Å². The molecular weight excluding hydrogens is 224 g/mol. The number of hydrogen-bond acceptors (Lipinski definition) is 2. The fourth-order valence-electron chi connectivity index (χ4n) is 2.13. The van der Waals surface area contributed by atoms with Gasteiger partial charge >= 0.3 is 0 Å². The van der Waals surface area contributed by atoms with Crippen molar-refractivity contribution in [1.29, 1.82) is 0 Å². The number of hydrogen-bond donors (Lipinski definition) is 1. The number of aliphatic hydroxyl groups excluding tert-OH is 1. The van der Waals surface area contributed by atoms with E-state index in [4.69, 9.17) is 11.6 Å². The van der Waals surface area contributed by atoms with Gasteiger partial charge in [0.15, 0.2) is 0 Å². The van der Waals surface area contributed by atoms with E-state index in [2.05, 4.69) is 18.9 Å². The predicted molar refractivity (Wildman–Crippen MR) is 66.8 cm³/mol. The van der Waals surface area contributed by atoms with Gasteiger partial charge in [-0.15, -0.1) is 0 Å². The second-order valence-corrected chi connectivity index (χ2v) is 5.23. The van der Waals surface area contributed by atoms with E-state index in [-0.39, 0.29) is 12.0 Å². The molecule has 0 fully saturated rings. The van der Waals surface area contributed by atoms with Crippen molar-refractivity contribution in [3.8, 4) is 0 Å². The van der Waals surface area contributed by atoms with Gasteiger partial charge in [0.2, 0.25) is 0 Å². The molecule has 0 aliphatic rings. The van der Waals surface area contributed by atoms with E-state index in [0.29, 0.717) is 5.15 Å². The maximum Gasteiger partial charge on any atom is 0.130 e. The van der Waals surface area contributed by atoms with Crippen LogP contribution in [-0.4, -0.2) is 21.5 Å². The van der Waals surface area contributed by atoms with E-state index in [9.17, 15) is 5.11 Å². The monoisotopic (exact) mass is 244 g/mol. The SMILES string of the molecule is CCCC(C)(CO)Cc1c(C)nn(C)c1Cl. The fourth-order valence-corrected chi connectivity index (χ4v) is 2.37. The lowest BCUT2D eigenvalue weighted by atomic mass is 9.80. The molecule has 0 bridgehead atoms. The number of nitrogens with zero attached hydrogens (tertiary/aromatic N) is 2. The number of aliphatic hydroxyl groups is 1. The second-order valence-electron chi connectivity index (χ2n) is 4.87. The Morgan fingerprint density at radius 1 is 1.50 bits per heavy atom. The molecule has 1 aromatic heterocycles. The standard InChI is InChI=1S/C12H21ClN2O/c1-5-6-12(3,8-16)7-10-9(2)14-15(4)11(10)13/h16H,5-8H2,1-4H3. The van der Waals surface area contributed by atoms with Gasteiger partial charge in [-0.25, -0.2) is 0 Å². The lowest BCUT2D eigenvalue weighted by Gasteiger charge is -2.26. The van der Waals surface area contributed by atoms with Crippen molar-refractivity contribution in [3.05, 3.63) is 16.4 Å². The number of aromatic nitrogens is 2. The smallest absolute Gasteiger partial charge is 0.130 e. The number of halogens is 1. The molecule has 0 aromatic carbocycles. The molecule has 0 saturated carbocycles. The van der Waals surface area contributed by atoms with Gasteiger partial charge in [0.05, 0.1) is 5.69 Å². The first-order valence-electron chi connectivity index (χ1n) is 5.72. The third-order valence-corrected chi connectivity index (χ3v) is 3.58. The Bertz CT molecular complexity index is 362. The predicted octanol–water partition coefficient (Wildman–Crippen LogP) is 2.72. The molecule has 3 nitrogen and oxygen atoms in total. The molecule has 1 unspecified atom stereocenters. The molecule has 0 aliphatic heterocycles. The first kappa shape index (κ1) is 13.5. The van der Waals surface area contributed by atoms with Gasteiger partial charge in [-0.3, -0.25) is 4.68 Å². The average molecular weight is 245 g/mol. The Hall–Kier alpha value is -0.540. The largest absolute Gasteiger partial charge is 0.396 e. The second kappa shape index (κ2) is 5.19. The van der Waals surface area contributed by atoms with E-state index in [1.54, 1.807) is 4.68 Å². The van der Waals surface area contributed by atoms with Crippen LogP contribution in [0.2, 0.25) is 5.15 Å². The molecule has 1 heterocycles. The van der Waals surface area contributed by atoms with Crippen molar-refractivity contribution >= 4 is 11.6 Å². The highest BCUT2D eigenvalue weighted by Gasteiger charge is 2.26. The third-order valence-electron chi connectivity index (χ3n) is 3.11. The minimum atomic E-state index is -0.0911. The van der Waals surface area contributed by atoms with Crippen molar-refractivity contribution in [1.82, 2.24) is 9.78 Å². The van der Waals surface area contributed by atoms with Gasteiger partial charge in [0.1, 0.15) is 5.15 Å².